The Bertz CT molecular complexity index is 1030. The third kappa shape index (κ3) is 4.73. The van der Waals surface area contributed by atoms with E-state index in [2.05, 4.69) is 9.93 Å². The summed E-state index contributed by atoms with van der Waals surface area (Å²) >= 11 is 0. The molecule has 140 valence electrons. The quantitative estimate of drug-likeness (QED) is 0.493. The maximum absolute atomic E-state index is 13.0. The summed E-state index contributed by atoms with van der Waals surface area (Å²) in [7, 11) is -3.80. The summed E-state index contributed by atoms with van der Waals surface area (Å²) in [6.45, 7) is 2.34. The van der Waals surface area contributed by atoms with Gasteiger partial charge in [-0.1, -0.05) is 0 Å². The van der Waals surface area contributed by atoms with Gasteiger partial charge < -0.3 is 9.15 Å². The van der Waals surface area contributed by atoms with E-state index in [9.17, 15) is 12.8 Å². The minimum atomic E-state index is -3.80. The number of nitrogens with one attached hydrogen (secondary N) is 1. The number of rotatable bonds is 7. The molecular weight excluding hydrogens is 371 g/mol. The molecule has 0 aliphatic carbocycles. The topological polar surface area (TPSA) is 80.9 Å². The lowest BCUT2D eigenvalue weighted by molar-refractivity contribution is 0.340. The number of hydrogen-bond acceptors (Lipinski definition) is 5. The standard InChI is InChI=1S/C19H17FN2O4S/c1-2-25-16-7-10-18(11-8-16)27(23,24)22-21-13-17-9-12-19(26-17)14-3-5-15(20)6-4-14/h3-13,22H,2H2,1H3. The molecule has 0 bridgehead atoms. The van der Waals surface area contributed by atoms with Gasteiger partial charge >= 0.3 is 0 Å². The van der Waals surface area contributed by atoms with Crippen LogP contribution in [-0.4, -0.2) is 21.2 Å². The van der Waals surface area contributed by atoms with Crippen LogP contribution >= 0.6 is 0 Å². The highest BCUT2D eigenvalue weighted by Crippen LogP contribution is 2.21. The predicted octanol–water partition coefficient (Wildman–Crippen LogP) is 3.80. The highest BCUT2D eigenvalue weighted by molar-refractivity contribution is 7.89. The Balaban J connectivity index is 1.67. The smallest absolute Gasteiger partial charge is 0.276 e. The lowest BCUT2D eigenvalue weighted by Crippen LogP contribution is -2.18. The summed E-state index contributed by atoms with van der Waals surface area (Å²) < 4.78 is 48.2. The molecule has 0 radical (unpaired) electrons. The minimum absolute atomic E-state index is 0.0644. The van der Waals surface area contributed by atoms with Crippen molar-refractivity contribution in [2.75, 3.05) is 6.61 Å². The maximum Gasteiger partial charge on any atom is 0.276 e. The first-order valence-corrected chi connectivity index (χ1v) is 9.60. The number of hydrogen-bond donors (Lipinski definition) is 1. The monoisotopic (exact) mass is 388 g/mol. The zero-order valence-corrected chi connectivity index (χ0v) is 15.2. The Kier molecular flexibility index (Phi) is 5.56. The SMILES string of the molecule is CCOc1ccc(S(=O)(=O)NN=Cc2ccc(-c3ccc(F)cc3)o2)cc1. The van der Waals surface area contributed by atoms with Gasteiger partial charge in [-0.25, -0.2) is 4.39 Å². The molecule has 0 fully saturated rings. The lowest BCUT2D eigenvalue weighted by atomic mass is 10.2. The van der Waals surface area contributed by atoms with Crippen LogP contribution in [0.2, 0.25) is 0 Å². The van der Waals surface area contributed by atoms with Crippen LogP contribution in [0, 0.1) is 5.82 Å². The number of ether oxygens (including phenoxy) is 1. The second-order valence-electron chi connectivity index (χ2n) is 5.47. The highest BCUT2D eigenvalue weighted by Gasteiger charge is 2.12. The zero-order chi connectivity index (χ0) is 19.3. The number of benzene rings is 2. The van der Waals surface area contributed by atoms with E-state index in [1.165, 1.54) is 30.5 Å². The summed E-state index contributed by atoms with van der Waals surface area (Å²) in [5, 5.41) is 3.72. The lowest BCUT2D eigenvalue weighted by Gasteiger charge is -2.05. The molecule has 0 unspecified atom stereocenters. The molecule has 1 N–H and O–H groups in total. The van der Waals surface area contributed by atoms with E-state index in [4.69, 9.17) is 9.15 Å². The van der Waals surface area contributed by atoms with Gasteiger partial charge in [0.05, 0.1) is 17.7 Å². The van der Waals surface area contributed by atoms with Gasteiger partial charge in [-0.3, -0.25) is 0 Å². The first-order chi connectivity index (χ1) is 13.0. The molecule has 0 aliphatic heterocycles. The van der Waals surface area contributed by atoms with Crippen molar-refractivity contribution < 1.29 is 22.0 Å². The molecular formula is C19H17FN2O4S. The maximum atomic E-state index is 13.0. The van der Waals surface area contributed by atoms with Crippen molar-refractivity contribution in [1.29, 1.82) is 0 Å². The summed E-state index contributed by atoms with van der Waals surface area (Å²) in [4.78, 5) is 2.19. The van der Waals surface area contributed by atoms with Crippen molar-refractivity contribution >= 4 is 16.2 Å². The fourth-order valence-corrected chi connectivity index (χ4v) is 3.08. The zero-order valence-electron chi connectivity index (χ0n) is 14.4. The van der Waals surface area contributed by atoms with E-state index in [0.29, 0.717) is 29.4 Å². The highest BCUT2D eigenvalue weighted by atomic mass is 32.2. The third-order valence-electron chi connectivity index (χ3n) is 3.57. The van der Waals surface area contributed by atoms with Crippen molar-refractivity contribution in [3.8, 4) is 17.1 Å². The molecule has 0 saturated carbocycles. The predicted molar refractivity (Wildman–Crippen MR) is 99.6 cm³/mol. The number of sulfonamides is 1. The molecule has 6 nitrogen and oxygen atoms in total. The van der Waals surface area contributed by atoms with Crippen molar-refractivity contribution in [1.82, 2.24) is 4.83 Å². The van der Waals surface area contributed by atoms with Gasteiger partial charge in [0.15, 0.2) is 0 Å². The summed E-state index contributed by atoms with van der Waals surface area (Å²) in [6.07, 6.45) is 1.25. The molecule has 0 saturated heterocycles. The molecule has 1 aromatic heterocycles. The third-order valence-corrected chi connectivity index (χ3v) is 4.80. The van der Waals surface area contributed by atoms with Crippen LogP contribution in [0.5, 0.6) is 5.75 Å². The number of furan rings is 1. The largest absolute Gasteiger partial charge is 0.494 e. The van der Waals surface area contributed by atoms with Crippen molar-refractivity contribution in [2.24, 2.45) is 5.10 Å². The minimum Gasteiger partial charge on any atom is -0.494 e. The first kappa shape index (κ1) is 18.7. The van der Waals surface area contributed by atoms with Gasteiger partial charge in [0.25, 0.3) is 10.0 Å². The van der Waals surface area contributed by atoms with Gasteiger partial charge in [0.2, 0.25) is 0 Å². The van der Waals surface area contributed by atoms with Gasteiger partial charge in [-0.2, -0.15) is 18.4 Å². The Morgan fingerprint density at radius 1 is 1.07 bits per heavy atom. The number of nitrogens with zero attached hydrogens (tertiary/aromatic N) is 1. The normalized spacial score (nSPS) is 11.6. The molecule has 2 aromatic carbocycles. The average Bonchev–Trinajstić information content (AvgIpc) is 3.12. The summed E-state index contributed by atoms with van der Waals surface area (Å²) in [5.74, 6) is 1.12. The Morgan fingerprint density at radius 3 is 2.44 bits per heavy atom. The molecule has 0 aliphatic rings. The molecule has 27 heavy (non-hydrogen) atoms. The van der Waals surface area contributed by atoms with Crippen LogP contribution in [0.25, 0.3) is 11.3 Å². The fraction of sp³-hybridized carbons (Fsp3) is 0.105. The van der Waals surface area contributed by atoms with Crippen molar-refractivity contribution in [3.05, 3.63) is 72.2 Å². The van der Waals surface area contributed by atoms with E-state index in [0.717, 1.165) is 0 Å². The Hall–Kier alpha value is -3.13. The van der Waals surface area contributed by atoms with E-state index in [-0.39, 0.29) is 10.7 Å². The Labute approximate surface area is 156 Å². The summed E-state index contributed by atoms with van der Waals surface area (Å²) in [5.41, 5.74) is 0.700. The molecule has 3 rings (SSSR count). The van der Waals surface area contributed by atoms with Crippen LogP contribution in [0.15, 0.2) is 75.1 Å². The van der Waals surface area contributed by atoms with Crippen LogP contribution in [-0.2, 0) is 10.0 Å². The molecule has 1 heterocycles. The van der Waals surface area contributed by atoms with Crippen LogP contribution < -0.4 is 9.57 Å². The average molecular weight is 388 g/mol. The summed E-state index contributed by atoms with van der Waals surface area (Å²) in [6, 6.07) is 15.2. The van der Waals surface area contributed by atoms with E-state index in [1.54, 1.807) is 36.4 Å². The molecule has 0 spiro atoms. The van der Waals surface area contributed by atoms with Crippen molar-refractivity contribution in [3.63, 3.8) is 0 Å². The second kappa shape index (κ2) is 8.05. The van der Waals surface area contributed by atoms with Gasteiger partial charge in [-0.15, -0.1) is 0 Å². The molecule has 3 aromatic rings. The molecule has 0 amide bonds. The first-order valence-electron chi connectivity index (χ1n) is 8.11. The number of halogens is 1. The van der Waals surface area contributed by atoms with E-state index >= 15 is 0 Å². The van der Waals surface area contributed by atoms with E-state index < -0.39 is 10.0 Å². The van der Waals surface area contributed by atoms with Gasteiger partial charge in [0.1, 0.15) is 23.1 Å². The van der Waals surface area contributed by atoms with Gasteiger partial charge in [0, 0.05) is 5.56 Å². The van der Waals surface area contributed by atoms with Crippen LogP contribution in [0.4, 0.5) is 4.39 Å². The van der Waals surface area contributed by atoms with Crippen LogP contribution in [0.3, 0.4) is 0 Å². The second-order valence-corrected chi connectivity index (χ2v) is 7.13. The fourth-order valence-electron chi connectivity index (χ4n) is 2.29. The number of hydrazone groups is 1. The Morgan fingerprint density at radius 2 is 1.78 bits per heavy atom. The van der Waals surface area contributed by atoms with Crippen LogP contribution in [0.1, 0.15) is 12.7 Å². The van der Waals surface area contributed by atoms with E-state index in [1.807, 2.05) is 6.92 Å². The van der Waals surface area contributed by atoms with Gasteiger partial charge in [-0.05, 0) is 67.6 Å². The molecule has 8 heteroatoms. The van der Waals surface area contributed by atoms with Crippen molar-refractivity contribution in [2.45, 2.75) is 11.8 Å². The molecule has 0 atom stereocenters.